The topological polar surface area (TPSA) is 73.9 Å². The van der Waals surface area contributed by atoms with Crippen LogP contribution in [0.5, 0.6) is 11.5 Å². The van der Waals surface area contributed by atoms with Crippen molar-refractivity contribution in [2.75, 3.05) is 18.7 Å². The molecule has 2 aliphatic rings. The molecule has 1 aromatic carbocycles. The number of ether oxygens (including phenoxy) is 3. The van der Waals surface area contributed by atoms with Crippen molar-refractivity contribution in [3.63, 3.8) is 0 Å². The van der Waals surface area contributed by atoms with Gasteiger partial charge < -0.3 is 19.5 Å². The van der Waals surface area contributed by atoms with Crippen molar-refractivity contribution in [3.05, 3.63) is 39.8 Å². The molecule has 0 spiro atoms. The summed E-state index contributed by atoms with van der Waals surface area (Å²) in [5.74, 6) is 1.15. The Balaban J connectivity index is 1.64. The lowest BCUT2D eigenvalue weighted by Gasteiger charge is -2.20. The molecule has 28 heavy (non-hydrogen) atoms. The number of hydrogen-bond acceptors (Lipinski definition) is 6. The number of amides is 1. The smallest absolute Gasteiger partial charge is 0.341 e. The summed E-state index contributed by atoms with van der Waals surface area (Å²) >= 11 is 1.49. The summed E-state index contributed by atoms with van der Waals surface area (Å²) in [6.45, 7) is 4.44. The Morgan fingerprint density at radius 2 is 2.07 bits per heavy atom. The monoisotopic (exact) mass is 401 g/mol. The first-order chi connectivity index (χ1) is 13.6. The SMILES string of the molecule is CCOC(=O)c1c(NC(=O)c2ccc3c(c2)OCO3)sc2c1CCC(CC)C2. The van der Waals surface area contributed by atoms with Gasteiger partial charge in [-0.25, -0.2) is 4.79 Å². The number of anilines is 1. The lowest BCUT2D eigenvalue weighted by atomic mass is 9.85. The van der Waals surface area contributed by atoms with E-state index in [1.54, 1.807) is 25.1 Å². The van der Waals surface area contributed by atoms with Crippen LogP contribution in [-0.4, -0.2) is 25.3 Å². The molecule has 0 saturated carbocycles. The van der Waals surface area contributed by atoms with Crippen molar-refractivity contribution in [2.45, 2.75) is 39.5 Å². The second kappa shape index (κ2) is 7.83. The predicted molar refractivity (Wildman–Crippen MR) is 107 cm³/mol. The molecule has 1 aliphatic heterocycles. The number of esters is 1. The van der Waals surface area contributed by atoms with Crippen LogP contribution >= 0.6 is 11.3 Å². The van der Waals surface area contributed by atoms with Crippen LogP contribution in [0.15, 0.2) is 18.2 Å². The Labute approximate surface area is 167 Å². The molecule has 0 radical (unpaired) electrons. The molecule has 1 amide bonds. The summed E-state index contributed by atoms with van der Waals surface area (Å²) in [4.78, 5) is 26.6. The molecular formula is C21H23NO5S. The summed E-state index contributed by atoms with van der Waals surface area (Å²) in [6.07, 6.45) is 3.97. The first-order valence-electron chi connectivity index (χ1n) is 9.63. The highest BCUT2D eigenvalue weighted by Crippen LogP contribution is 2.41. The first-order valence-corrected chi connectivity index (χ1v) is 10.4. The molecule has 6 nitrogen and oxygen atoms in total. The second-order valence-corrected chi connectivity index (χ2v) is 8.07. The first kappa shape index (κ1) is 18.8. The number of carbonyl (C=O) groups excluding carboxylic acids is 2. The fourth-order valence-electron chi connectivity index (χ4n) is 3.72. The van der Waals surface area contributed by atoms with E-state index >= 15 is 0 Å². The number of nitrogens with one attached hydrogen (secondary N) is 1. The Bertz CT molecular complexity index is 920. The van der Waals surface area contributed by atoms with E-state index in [2.05, 4.69) is 12.2 Å². The fraction of sp³-hybridized carbons (Fsp3) is 0.429. The third kappa shape index (κ3) is 3.46. The maximum atomic E-state index is 12.8. The van der Waals surface area contributed by atoms with Gasteiger partial charge >= 0.3 is 5.97 Å². The zero-order valence-corrected chi connectivity index (χ0v) is 16.8. The van der Waals surface area contributed by atoms with E-state index in [9.17, 15) is 9.59 Å². The minimum atomic E-state index is -0.365. The Kier molecular flexibility index (Phi) is 5.26. The molecule has 0 fully saturated rings. The van der Waals surface area contributed by atoms with Gasteiger partial charge in [-0.1, -0.05) is 13.3 Å². The molecule has 1 N–H and O–H groups in total. The van der Waals surface area contributed by atoms with Gasteiger partial charge in [0.15, 0.2) is 11.5 Å². The highest BCUT2D eigenvalue weighted by molar-refractivity contribution is 7.17. The summed E-state index contributed by atoms with van der Waals surface area (Å²) in [7, 11) is 0. The summed E-state index contributed by atoms with van der Waals surface area (Å²) in [6, 6.07) is 5.06. The van der Waals surface area contributed by atoms with Crippen molar-refractivity contribution < 1.29 is 23.8 Å². The zero-order valence-electron chi connectivity index (χ0n) is 16.0. The highest BCUT2D eigenvalue weighted by Gasteiger charge is 2.30. The molecule has 2 aromatic rings. The Morgan fingerprint density at radius 3 is 2.86 bits per heavy atom. The van der Waals surface area contributed by atoms with Gasteiger partial charge in [0.2, 0.25) is 6.79 Å². The van der Waals surface area contributed by atoms with Crippen LogP contribution in [0.2, 0.25) is 0 Å². The molecule has 1 unspecified atom stereocenters. The van der Waals surface area contributed by atoms with Crippen LogP contribution in [0.25, 0.3) is 0 Å². The third-order valence-electron chi connectivity index (χ3n) is 5.29. The standard InChI is InChI=1S/C21H23NO5S/c1-3-12-5-7-14-17(9-12)28-20(18(14)21(24)25-4-2)22-19(23)13-6-8-15-16(10-13)27-11-26-15/h6,8,10,12H,3-5,7,9,11H2,1-2H3,(H,22,23). The van der Waals surface area contributed by atoms with Crippen LogP contribution in [0.4, 0.5) is 5.00 Å². The average Bonchev–Trinajstić information content (AvgIpc) is 3.30. The quantitative estimate of drug-likeness (QED) is 0.751. The highest BCUT2D eigenvalue weighted by atomic mass is 32.1. The molecule has 4 rings (SSSR count). The number of rotatable bonds is 5. The van der Waals surface area contributed by atoms with Crippen molar-refractivity contribution >= 4 is 28.2 Å². The van der Waals surface area contributed by atoms with Gasteiger partial charge in [-0.3, -0.25) is 4.79 Å². The normalized spacial score (nSPS) is 17.1. The van der Waals surface area contributed by atoms with Crippen molar-refractivity contribution in [1.82, 2.24) is 0 Å². The Morgan fingerprint density at radius 1 is 1.25 bits per heavy atom. The van der Waals surface area contributed by atoms with E-state index in [4.69, 9.17) is 14.2 Å². The molecule has 1 aromatic heterocycles. The summed E-state index contributed by atoms with van der Waals surface area (Å²) < 4.78 is 15.9. The van der Waals surface area contributed by atoms with Crippen molar-refractivity contribution in [1.29, 1.82) is 0 Å². The van der Waals surface area contributed by atoms with E-state index in [1.807, 2.05) is 0 Å². The zero-order chi connectivity index (χ0) is 19.7. The maximum Gasteiger partial charge on any atom is 0.341 e. The van der Waals surface area contributed by atoms with Gasteiger partial charge in [0.25, 0.3) is 5.91 Å². The summed E-state index contributed by atoms with van der Waals surface area (Å²) in [5, 5.41) is 3.50. The van der Waals surface area contributed by atoms with Crippen LogP contribution in [0, 0.1) is 5.92 Å². The number of fused-ring (bicyclic) bond motifs is 2. The number of hydrogen-bond donors (Lipinski definition) is 1. The van der Waals surface area contributed by atoms with Crippen molar-refractivity contribution in [3.8, 4) is 11.5 Å². The molecule has 1 aliphatic carbocycles. The van der Waals surface area contributed by atoms with Crippen LogP contribution in [0.3, 0.4) is 0 Å². The second-order valence-electron chi connectivity index (χ2n) is 6.97. The van der Waals surface area contributed by atoms with Crippen LogP contribution < -0.4 is 14.8 Å². The minimum Gasteiger partial charge on any atom is -0.462 e. The summed E-state index contributed by atoms with van der Waals surface area (Å²) in [5.41, 5.74) is 2.01. The molecule has 0 bridgehead atoms. The maximum absolute atomic E-state index is 12.8. The lowest BCUT2D eigenvalue weighted by molar-refractivity contribution is 0.0526. The van der Waals surface area contributed by atoms with Crippen molar-refractivity contribution in [2.24, 2.45) is 5.92 Å². The molecule has 1 atom stereocenters. The molecule has 2 heterocycles. The van der Waals surface area contributed by atoms with Gasteiger partial charge in [-0.15, -0.1) is 11.3 Å². The third-order valence-corrected chi connectivity index (χ3v) is 6.46. The van der Waals surface area contributed by atoms with E-state index in [0.29, 0.717) is 40.2 Å². The van der Waals surface area contributed by atoms with Crippen LogP contribution in [0.1, 0.15) is 57.8 Å². The van der Waals surface area contributed by atoms with Gasteiger partial charge in [-0.05, 0) is 55.9 Å². The number of benzene rings is 1. The van der Waals surface area contributed by atoms with Crippen LogP contribution in [-0.2, 0) is 17.6 Å². The van der Waals surface area contributed by atoms with E-state index < -0.39 is 0 Å². The number of carbonyl (C=O) groups is 2. The van der Waals surface area contributed by atoms with Gasteiger partial charge in [0.1, 0.15) is 5.00 Å². The average molecular weight is 401 g/mol. The lowest BCUT2D eigenvalue weighted by Crippen LogP contribution is -2.17. The van der Waals surface area contributed by atoms with Gasteiger partial charge in [-0.2, -0.15) is 0 Å². The molecule has 0 saturated heterocycles. The fourth-order valence-corrected chi connectivity index (χ4v) is 5.07. The van der Waals surface area contributed by atoms with E-state index in [-0.39, 0.29) is 18.7 Å². The van der Waals surface area contributed by atoms with Gasteiger partial charge in [0, 0.05) is 10.4 Å². The molecular weight excluding hydrogens is 378 g/mol. The largest absolute Gasteiger partial charge is 0.462 e. The van der Waals surface area contributed by atoms with E-state index in [1.165, 1.54) is 16.2 Å². The van der Waals surface area contributed by atoms with E-state index in [0.717, 1.165) is 31.2 Å². The van der Waals surface area contributed by atoms with Gasteiger partial charge in [0.05, 0.1) is 12.2 Å². The predicted octanol–water partition coefficient (Wildman–Crippen LogP) is 4.42. The minimum absolute atomic E-state index is 0.156. The molecule has 148 valence electrons. The number of thiophene rings is 1. The molecule has 7 heteroatoms. The Hall–Kier alpha value is -2.54.